The SMILES string of the molecule is CC(C)NCCN(C)c1ccc(C(=O)C(C)(C)N(C)CCNC(C)C)cc1. The summed E-state index contributed by atoms with van der Waals surface area (Å²) in [5, 5.41) is 6.83. The molecule has 2 N–H and O–H groups in total. The summed E-state index contributed by atoms with van der Waals surface area (Å²) < 4.78 is 0. The monoisotopic (exact) mass is 376 g/mol. The van der Waals surface area contributed by atoms with Crippen molar-refractivity contribution in [2.24, 2.45) is 0 Å². The topological polar surface area (TPSA) is 47.6 Å². The lowest BCUT2D eigenvalue weighted by molar-refractivity contribution is 0.0708. The lowest BCUT2D eigenvalue weighted by atomic mass is 9.91. The Morgan fingerprint density at radius 3 is 1.89 bits per heavy atom. The minimum Gasteiger partial charge on any atom is -0.373 e. The maximum atomic E-state index is 13.0. The largest absolute Gasteiger partial charge is 0.373 e. The predicted octanol–water partition coefficient (Wildman–Crippen LogP) is 3.01. The summed E-state index contributed by atoms with van der Waals surface area (Å²) in [5.41, 5.74) is 1.36. The summed E-state index contributed by atoms with van der Waals surface area (Å²) in [6, 6.07) is 8.93. The number of likely N-dealkylation sites (N-methyl/N-ethyl adjacent to an activating group) is 2. The average molecular weight is 377 g/mol. The van der Waals surface area contributed by atoms with Gasteiger partial charge in [-0.3, -0.25) is 9.69 Å². The second-order valence-corrected chi connectivity index (χ2v) is 8.50. The predicted molar refractivity (Wildman–Crippen MR) is 117 cm³/mol. The summed E-state index contributed by atoms with van der Waals surface area (Å²) in [6.07, 6.45) is 0. The van der Waals surface area contributed by atoms with Crippen LogP contribution in [0, 0.1) is 0 Å². The van der Waals surface area contributed by atoms with Crippen molar-refractivity contribution >= 4 is 11.5 Å². The van der Waals surface area contributed by atoms with Crippen LogP contribution in [0.25, 0.3) is 0 Å². The van der Waals surface area contributed by atoms with Crippen LogP contribution in [0.4, 0.5) is 5.69 Å². The molecule has 154 valence electrons. The van der Waals surface area contributed by atoms with Gasteiger partial charge in [-0.1, -0.05) is 27.7 Å². The quantitative estimate of drug-likeness (QED) is 0.549. The zero-order valence-electron chi connectivity index (χ0n) is 18.6. The van der Waals surface area contributed by atoms with Gasteiger partial charge < -0.3 is 15.5 Å². The van der Waals surface area contributed by atoms with Crippen LogP contribution in [0.3, 0.4) is 0 Å². The molecule has 1 aromatic carbocycles. The smallest absolute Gasteiger partial charge is 0.182 e. The first kappa shape index (κ1) is 23.6. The second-order valence-electron chi connectivity index (χ2n) is 8.50. The van der Waals surface area contributed by atoms with Crippen LogP contribution in [0.2, 0.25) is 0 Å². The highest BCUT2D eigenvalue weighted by atomic mass is 16.1. The molecule has 5 nitrogen and oxygen atoms in total. The molecule has 0 aliphatic rings. The highest BCUT2D eigenvalue weighted by molar-refractivity contribution is 6.02. The number of carbonyl (C=O) groups excluding carboxylic acids is 1. The van der Waals surface area contributed by atoms with E-state index in [2.05, 4.69) is 55.2 Å². The molecule has 0 saturated carbocycles. The first-order valence-electron chi connectivity index (χ1n) is 10.1. The number of Topliss-reactive ketones (excluding diaryl/α,β-unsaturated/α-hetero) is 1. The lowest BCUT2D eigenvalue weighted by Crippen LogP contribution is -2.50. The Kier molecular flexibility index (Phi) is 9.43. The standard InChI is InChI=1S/C22H40N4O/c1-17(2)23-13-15-25(7)20-11-9-19(10-12-20)21(27)22(5,6)26(8)16-14-24-18(3)4/h9-12,17-18,23-24H,13-16H2,1-8H3. The third-order valence-electron chi connectivity index (χ3n) is 5.08. The van der Waals surface area contributed by atoms with Gasteiger partial charge in [0.15, 0.2) is 5.78 Å². The van der Waals surface area contributed by atoms with Crippen molar-refractivity contribution in [3.8, 4) is 0 Å². The molecule has 0 bridgehead atoms. The van der Waals surface area contributed by atoms with Crippen molar-refractivity contribution in [2.75, 3.05) is 45.2 Å². The van der Waals surface area contributed by atoms with Crippen LogP contribution in [0.15, 0.2) is 24.3 Å². The number of benzene rings is 1. The molecule has 0 saturated heterocycles. The molecule has 0 atom stereocenters. The van der Waals surface area contributed by atoms with Crippen LogP contribution in [-0.4, -0.2) is 68.6 Å². The van der Waals surface area contributed by atoms with E-state index in [9.17, 15) is 4.79 Å². The number of carbonyl (C=O) groups is 1. The highest BCUT2D eigenvalue weighted by Crippen LogP contribution is 2.21. The number of anilines is 1. The summed E-state index contributed by atoms with van der Waals surface area (Å²) in [5.74, 6) is 0.158. The first-order valence-corrected chi connectivity index (χ1v) is 10.1. The Bertz CT molecular complexity index is 566. The molecular weight excluding hydrogens is 336 g/mol. The van der Waals surface area contributed by atoms with Gasteiger partial charge in [-0.15, -0.1) is 0 Å². The Labute approximate surface area is 166 Å². The van der Waals surface area contributed by atoms with E-state index >= 15 is 0 Å². The molecule has 0 aliphatic carbocycles. The van der Waals surface area contributed by atoms with Crippen molar-refractivity contribution in [3.05, 3.63) is 29.8 Å². The van der Waals surface area contributed by atoms with Crippen molar-refractivity contribution in [1.82, 2.24) is 15.5 Å². The number of hydrogen-bond donors (Lipinski definition) is 2. The van der Waals surface area contributed by atoms with Crippen LogP contribution < -0.4 is 15.5 Å². The van der Waals surface area contributed by atoms with E-state index in [-0.39, 0.29) is 5.78 Å². The Hall–Kier alpha value is -1.43. The number of nitrogens with zero attached hydrogens (tertiary/aromatic N) is 2. The fourth-order valence-electron chi connectivity index (χ4n) is 2.84. The molecule has 1 rings (SSSR count). The van der Waals surface area contributed by atoms with Crippen LogP contribution in [-0.2, 0) is 0 Å². The van der Waals surface area contributed by atoms with Crippen molar-refractivity contribution in [3.63, 3.8) is 0 Å². The molecule has 0 unspecified atom stereocenters. The van der Waals surface area contributed by atoms with E-state index < -0.39 is 5.54 Å². The van der Waals surface area contributed by atoms with Gasteiger partial charge in [0.2, 0.25) is 0 Å². The molecule has 0 radical (unpaired) electrons. The van der Waals surface area contributed by atoms with E-state index in [4.69, 9.17) is 0 Å². The zero-order valence-corrected chi connectivity index (χ0v) is 18.6. The van der Waals surface area contributed by atoms with Gasteiger partial charge in [0, 0.05) is 56.6 Å². The van der Waals surface area contributed by atoms with E-state index in [1.54, 1.807) is 0 Å². The van der Waals surface area contributed by atoms with Crippen molar-refractivity contribution in [2.45, 2.75) is 59.2 Å². The minimum atomic E-state index is -0.534. The molecule has 0 heterocycles. The highest BCUT2D eigenvalue weighted by Gasteiger charge is 2.32. The molecule has 0 aromatic heterocycles. The van der Waals surface area contributed by atoms with Crippen molar-refractivity contribution < 1.29 is 4.79 Å². The molecule has 1 aromatic rings. The number of rotatable bonds is 12. The molecule has 0 amide bonds. The van der Waals surface area contributed by atoms with Gasteiger partial charge in [-0.2, -0.15) is 0 Å². The average Bonchev–Trinajstić information content (AvgIpc) is 2.60. The Morgan fingerprint density at radius 1 is 0.926 bits per heavy atom. The van der Waals surface area contributed by atoms with Crippen LogP contribution in [0.5, 0.6) is 0 Å². The van der Waals surface area contributed by atoms with Crippen molar-refractivity contribution in [1.29, 1.82) is 0 Å². The zero-order chi connectivity index (χ0) is 20.6. The van der Waals surface area contributed by atoms with E-state index in [1.165, 1.54) is 0 Å². The molecule has 0 fully saturated rings. The number of ketones is 1. The maximum Gasteiger partial charge on any atom is 0.182 e. The second kappa shape index (κ2) is 10.8. The number of hydrogen-bond acceptors (Lipinski definition) is 5. The Morgan fingerprint density at radius 2 is 1.41 bits per heavy atom. The summed E-state index contributed by atoms with van der Waals surface area (Å²) >= 11 is 0. The molecule has 0 aliphatic heterocycles. The van der Waals surface area contributed by atoms with E-state index in [0.29, 0.717) is 12.1 Å². The third kappa shape index (κ3) is 7.60. The van der Waals surface area contributed by atoms with Gasteiger partial charge in [0.1, 0.15) is 0 Å². The third-order valence-corrected chi connectivity index (χ3v) is 5.08. The minimum absolute atomic E-state index is 0.158. The van der Waals surface area contributed by atoms with Crippen LogP contribution >= 0.6 is 0 Å². The van der Waals surface area contributed by atoms with Gasteiger partial charge in [0.25, 0.3) is 0 Å². The molecular formula is C22H40N4O. The van der Waals surface area contributed by atoms with E-state index in [1.807, 2.05) is 45.2 Å². The molecule has 5 heteroatoms. The summed E-state index contributed by atoms with van der Waals surface area (Å²) in [7, 11) is 4.10. The Balaban J connectivity index is 2.68. The van der Waals surface area contributed by atoms with Gasteiger partial charge >= 0.3 is 0 Å². The maximum absolute atomic E-state index is 13.0. The van der Waals surface area contributed by atoms with Gasteiger partial charge in [-0.05, 0) is 45.2 Å². The van der Waals surface area contributed by atoms with Gasteiger partial charge in [-0.25, -0.2) is 0 Å². The van der Waals surface area contributed by atoms with Crippen LogP contribution in [0.1, 0.15) is 51.9 Å². The summed E-state index contributed by atoms with van der Waals surface area (Å²) in [4.78, 5) is 17.4. The fourth-order valence-corrected chi connectivity index (χ4v) is 2.84. The lowest BCUT2D eigenvalue weighted by Gasteiger charge is -2.34. The molecule has 0 spiro atoms. The normalized spacial score (nSPS) is 12.3. The first-order chi connectivity index (χ1) is 12.6. The number of nitrogens with one attached hydrogen (secondary N) is 2. The van der Waals surface area contributed by atoms with E-state index in [0.717, 1.165) is 37.4 Å². The summed E-state index contributed by atoms with van der Waals surface area (Å²) in [6.45, 7) is 16.2. The molecule has 27 heavy (non-hydrogen) atoms. The van der Waals surface area contributed by atoms with Gasteiger partial charge in [0.05, 0.1) is 5.54 Å². The fraction of sp³-hybridized carbons (Fsp3) is 0.682.